The summed E-state index contributed by atoms with van der Waals surface area (Å²) in [6.07, 6.45) is 4.43. The molecule has 0 aromatic heterocycles. The zero-order chi connectivity index (χ0) is 8.72. The quantitative estimate of drug-likeness (QED) is 0.580. The van der Waals surface area contributed by atoms with E-state index in [-0.39, 0.29) is 0 Å². The van der Waals surface area contributed by atoms with E-state index in [1.165, 1.54) is 25.8 Å². The fourth-order valence-corrected chi connectivity index (χ4v) is 3.21. The van der Waals surface area contributed by atoms with Gasteiger partial charge in [0.25, 0.3) is 0 Å². The van der Waals surface area contributed by atoms with Crippen molar-refractivity contribution in [3.8, 4) is 0 Å². The van der Waals surface area contributed by atoms with E-state index in [0.717, 1.165) is 23.9 Å². The van der Waals surface area contributed by atoms with Crippen molar-refractivity contribution in [2.45, 2.75) is 52.1 Å². The number of rotatable bonds is 1. The second-order valence-electron chi connectivity index (χ2n) is 5.12. The van der Waals surface area contributed by atoms with Crippen LogP contribution in [-0.2, 0) is 0 Å². The number of hydrogen-bond acceptors (Lipinski definition) is 1. The second kappa shape index (κ2) is 3.02. The molecular formula is C11H21N. The summed E-state index contributed by atoms with van der Waals surface area (Å²) in [4.78, 5) is 2.72. The highest BCUT2D eigenvalue weighted by Crippen LogP contribution is 2.39. The predicted molar refractivity (Wildman–Crippen MR) is 52.1 cm³/mol. The molecule has 1 aliphatic carbocycles. The average molecular weight is 167 g/mol. The molecule has 2 bridgehead atoms. The second-order valence-corrected chi connectivity index (χ2v) is 5.12. The normalized spacial score (nSPS) is 42.5. The third-order valence-corrected chi connectivity index (χ3v) is 3.62. The van der Waals surface area contributed by atoms with Crippen LogP contribution in [0.1, 0.15) is 40.0 Å². The number of hydrogen-bond donors (Lipinski definition) is 0. The van der Waals surface area contributed by atoms with E-state index in [1.807, 2.05) is 0 Å². The largest absolute Gasteiger partial charge is 0.298 e. The molecule has 12 heavy (non-hydrogen) atoms. The predicted octanol–water partition coefficient (Wildman–Crippen LogP) is 2.52. The molecule has 0 aromatic carbocycles. The SMILES string of the molecule is CC1C[C@@H]2C[C@H](C1)N(C(C)C)C2. The van der Waals surface area contributed by atoms with Crippen molar-refractivity contribution in [3.63, 3.8) is 0 Å². The van der Waals surface area contributed by atoms with Crippen LogP contribution >= 0.6 is 0 Å². The van der Waals surface area contributed by atoms with E-state index in [0.29, 0.717) is 0 Å². The van der Waals surface area contributed by atoms with Crippen LogP contribution in [0.3, 0.4) is 0 Å². The monoisotopic (exact) mass is 167 g/mol. The molecule has 0 radical (unpaired) electrons. The lowest BCUT2D eigenvalue weighted by Gasteiger charge is -2.30. The molecular weight excluding hydrogens is 146 g/mol. The molecule has 2 aliphatic rings. The lowest BCUT2D eigenvalue weighted by atomic mass is 9.83. The Balaban J connectivity index is 2.04. The molecule has 1 heteroatoms. The van der Waals surface area contributed by atoms with Gasteiger partial charge in [0.2, 0.25) is 0 Å². The van der Waals surface area contributed by atoms with Gasteiger partial charge in [-0.15, -0.1) is 0 Å². The summed E-state index contributed by atoms with van der Waals surface area (Å²) in [5, 5.41) is 0. The van der Waals surface area contributed by atoms with E-state index < -0.39 is 0 Å². The van der Waals surface area contributed by atoms with Crippen LogP contribution in [0.25, 0.3) is 0 Å². The summed E-state index contributed by atoms with van der Waals surface area (Å²) >= 11 is 0. The van der Waals surface area contributed by atoms with Crippen LogP contribution in [0.4, 0.5) is 0 Å². The van der Waals surface area contributed by atoms with Gasteiger partial charge >= 0.3 is 0 Å². The molecule has 2 fully saturated rings. The lowest BCUT2D eigenvalue weighted by molar-refractivity contribution is 0.185. The Bertz CT molecular complexity index is 164. The van der Waals surface area contributed by atoms with E-state index in [1.54, 1.807) is 0 Å². The molecule has 1 aliphatic heterocycles. The molecule has 1 unspecified atom stereocenters. The third kappa shape index (κ3) is 1.39. The Morgan fingerprint density at radius 3 is 2.58 bits per heavy atom. The first-order valence-corrected chi connectivity index (χ1v) is 5.42. The van der Waals surface area contributed by atoms with Gasteiger partial charge in [-0.1, -0.05) is 6.92 Å². The molecule has 2 rings (SSSR count). The van der Waals surface area contributed by atoms with Gasteiger partial charge in [0.05, 0.1) is 0 Å². The summed E-state index contributed by atoms with van der Waals surface area (Å²) in [5.41, 5.74) is 0. The molecule has 0 N–H and O–H groups in total. The van der Waals surface area contributed by atoms with Crippen molar-refractivity contribution >= 4 is 0 Å². The van der Waals surface area contributed by atoms with Crippen molar-refractivity contribution in [2.24, 2.45) is 11.8 Å². The van der Waals surface area contributed by atoms with Crippen LogP contribution in [0, 0.1) is 11.8 Å². The van der Waals surface area contributed by atoms with Gasteiger partial charge in [-0.25, -0.2) is 0 Å². The van der Waals surface area contributed by atoms with Gasteiger partial charge in [-0.2, -0.15) is 0 Å². The van der Waals surface area contributed by atoms with Gasteiger partial charge < -0.3 is 0 Å². The first-order chi connectivity index (χ1) is 5.66. The van der Waals surface area contributed by atoms with Crippen LogP contribution < -0.4 is 0 Å². The highest BCUT2D eigenvalue weighted by molar-refractivity contribution is 4.92. The van der Waals surface area contributed by atoms with Crippen LogP contribution in [0.2, 0.25) is 0 Å². The zero-order valence-corrected chi connectivity index (χ0v) is 8.59. The Hall–Kier alpha value is -0.0400. The van der Waals surface area contributed by atoms with E-state index in [4.69, 9.17) is 0 Å². The molecule has 3 atom stereocenters. The molecule has 0 amide bonds. The van der Waals surface area contributed by atoms with Crippen LogP contribution in [-0.4, -0.2) is 23.5 Å². The molecule has 1 nitrogen and oxygen atoms in total. The van der Waals surface area contributed by atoms with Crippen molar-refractivity contribution in [1.29, 1.82) is 0 Å². The number of likely N-dealkylation sites (tertiary alicyclic amines) is 1. The zero-order valence-electron chi connectivity index (χ0n) is 8.59. The van der Waals surface area contributed by atoms with Crippen LogP contribution in [0.15, 0.2) is 0 Å². The smallest absolute Gasteiger partial charge is 0.0104 e. The molecule has 1 heterocycles. The van der Waals surface area contributed by atoms with E-state index >= 15 is 0 Å². The maximum atomic E-state index is 2.72. The van der Waals surface area contributed by atoms with Crippen molar-refractivity contribution < 1.29 is 0 Å². The van der Waals surface area contributed by atoms with Crippen molar-refractivity contribution in [2.75, 3.05) is 6.54 Å². The highest BCUT2D eigenvalue weighted by atomic mass is 15.2. The van der Waals surface area contributed by atoms with Gasteiger partial charge in [0.1, 0.15) is 0 Å². The summed E-state index contributed by atoms with van der Waals surface area (Å²) in [5.74, 6) is 2.01. The minimum Gasteiger partial charge on any atom is -0.298 e. The minimum atomic E-state index is 0.769. The number of fused-ring (bicyclic) bond motifs is 2. The van der Waals surface area contributed by atoms with Crippen LogP contribution in [0.5, 0.6) is 0 Å². The van der Waals surface area contributed by atoms with Gasteiger partial charge in [0.15, 0.2) is 0 Å². The minimum absolute atomic E-state index is 0.769. The molecule has 0 spiro atoms. The Kier molecular flexibility index (Phi) is 2.16. The Morgan fingerprint density at radius 1 is 1.17 bits per heavy atom. The fourth-order valence-electron chi connectivity index (χ4n) is 3.21. The molecule has 1 saturated heterocycles. The van der Waals surface area contributed by atoms with Gasteiger partial charge in [0, 0.05) is 18.6 Å². The topological polar surface area (TPSA) is 3.24 Å². The van der Waals surface area contributed by atoms with Gasteiger partial charge in [-0.05, 0) is 44.9 Å². The lowest BCUT2D eigenvalue weighted by Crippen LogP contribution is -2.35. The molecule has 1 saturated carbocycles. The fraction of sp³-hybridized carbons (Fsp3) is 1.00. The highest BCUT2D eigenvalue weighted by Gasteiger charge is 2.38. The molecule has 70 valence electrons. The summed E-state index contributed by atoms with van der Waals surface area (Å²) in [6, 6.07) is 1.70. The summed E-state index contributed by atoms with van der Waals surface area (Å²) in [7, 11) is 0. The maximum absolute atomic E-state index is 2.72. The third-order valence-electron chi connectivity index (χ3n) is 3.62. The first-order valence-electron chi connectivity index (χ1n) is 5.42. The van der Waals surface area contributed by atoms with Crippen molar-refractivity contribution in [3.05, 3.63) is 0 Å². The summed E-state index contributed by atoms with van der Waals surface area (Å²) in [6.45, 7) is 8.48. The van der Waals surface area contributed by atoms with Gasteiger partial charge in [-0.3, -0.25) is 4.90 Å². The Morgan fingerprint density at radius 2 is 1.92 bits per heavy atom. The Labute approximate surface area is 76.1 Å². The summed E-state index contributed by atoms with van der Waals surface area (Å²) < 4.78 is 0. The standard InChI is InChI=1S/C11H21N/c1-8(2)12-7-10-4-9(3)5-11(12)6-10/h8-11H,4-7H2,1-3H3/t9?,10-,11+/m1/s1. The van der Waals surface area contributed by atoms with Crippen molar-refractivity contribution in [1.82, 2.24) is 4.90 Å². The maximum Gasteiger partial charge on any atom is 0.0104 e. The first kappa shape index (κ1) is 8.55. The van der Waals surface area contributed by atoms with E-state index in [9.17, 15) is 0 Å². The van der Waals surface area contributed by atoms with E-state index in [2.05, 4.69) is 25.7 Å². The average Bonchev–Trinajstić information content (AvgIpc) is 2.26. The molecule has 0 aromatic rings. The number of nitrogens with zero attached hydrogens (tertiary/aromatic N) is 1.